The molecule has 0 unspecified atom stereocenters. The summed E-state index contributed by atoms with van der Waals surface area (Å²) in [6, 6.07) is 1.52. The van der Waals surface area contributed by atoms with Crippen LogP contribution in [0.25, 0.3) is 0 Å². The van der Waals surface area contributed by atoms with Gasteiger partial charge in [-0.3, -0.25) is 11.1 Å². The monoisotopic (exact) mass is 366 g/mol. The number of nitrogens with one attached hydrogen (secondary N) is 3. The molecule has 140 valence electrons. The van der Waals surface area contributed by atoms with E-state index in [1.54, 1.807) is 12.3 Å². The SMILES string of the molecule is NC1=N[C@H]2[C@H](CO)NC(N)=[N+]3C[C@H](OC(=O)c4ccc[nH]4)C(O)(O)[C@]23N1. The predicted molar refractivity (Wildman–Crippen MR) is 86.8 cm³/mol. The van der Waals surface area contributed by atoms with Crippen molar-refractivity contribution in [3.05, 3.63) is 24.0 Å². The molecular formula is C14H20N7O5+. The molecule has 4 heterocycles. The molecule has 0 bridgehead atoms. The van der Waals surface area contributed by atoms with E-state index in [2.05, 4.69) is 20.6 Å². The Morgan fingerprint density at radius 3 is 2.88 bits per heavy atom. The highest BCUT2D eigenvalue weighted by Crippen LogP contribution is 2.42. The number of nitrogens with two attached hydrogens (primary N) is 2. The summed E-state index contributed by atoms with van der Waals surface area (Å²) >= 11 is 0. The van der Waals surface area contributed by atoms with Crippen LogP contribution in [0.15, 0.2) is 23.3 Å². The van der Waals surface area contributed by atoms with Gasteiger partial charge in [0, 0.05) is 6.20 Å². The number of aliphatic imine (C=N–C) groups is 1. The van der Waals surface area contributed by atoms with Crippen LogP contribution in [0.3, 0.4) is 0 Å². The quantitative estimate of drug-likeness (QED) is 0.148. The van der Waals surface area contributed by atoms with Gasteiger partial charge in [-0.05, 0) is 12.1 Å². The number of H-pyrrole nitrogens is 1. The number of carbonyl (C=O) groups is 1. The summed E-state index contributed by atoms with van der Waals surface area (Å²) in [5.74, 6) is -3.32. The van der Waals surface area contributed by atoms with Crippen LogP contribution in [-0.2, 0) is 4.74 Å². The van der Waals surface area contributed by atoms with Crippen molar-refractivity contribution in [1.29, 1.82) is 0 Å². The maximum absolute atomic E-state index is 12.2. The molecule has 12 heteroatoms. The van der Waals surface area contributed by atoms with Crippen molar-refractivity contribution in [3.8, 4) is 0 Å². The van der Waals surface area contributed by atoms with Crippen LogP contribution in [0.1, 0.15) is 10.5 Å². The first kappa shape index (κ1) is 16.6. The van der Waals surface area contributed by atoms with Gasteiger partial charge >= 0.3 is 11.9 Å². The van der Waals surface area contributed by atoms with E-state index in [9.17, 15) is 20.1 Å². The Kier molecular flexibility index (Phi) is 3.41. The highest BCUT2D eigenvalue weighted by molar-refractivity contribution is 5.87. The molecule has 0 aromatic carbocycles. The summed E-state index contributed by atoms with van der Waals surface area (Å²) in [6.45, 7) is -0.495. The summed E-state index contributed by atoms with van der Waals surface area (Å²) in [4.78, 5) is 19.1. The summed E-state index contributed by atoms with van der Waals surface area (Å²) < 4.78 is 6.72. The number of rotatable bonds is 3. The number of hydrogen-bond acceptors (Lipinski definition) is 10. The van der Waals surface area contributed by atoms with Gasteiger partial charge in [0.1, 0.15) is 18.3 Å². The van der Waals surface area contributed by atoms with Crippen molar-refractivity contribution in [3.63, 3.8) is 0 Å². The molecule has 0 saturated carbocycles. The maximum atomic E-state index is 12.2. The van der Waals surface area contributed by atoms with Crippen LogP contribution in [0, 0.1) is 0 Å². The molecule has 0 aliphatic carbocycles. The normalized spacial score (nSPS) is 34.4. The third-order valence-electron chi connectivity index (χ3n) is 5.08. The van der Waals surface area contributed by atoms with E-state index in [0.29, 0.717) is 0 Å². The van der Waals surface area contributed by atoms with Crippen molar-refractivity contribution in [2.45, 2.75) is 29.6 Å². The fourth-order valence-corrected chi connectivity index (χ4v) is 3.89. The van der Waals surface area contributed by atoms with Crippen LogP contribution in [0.2, 0.25) is 0 Å². The predicted octanol–water partition coefficient (Wildman–Crippen LogP) is -4.49. The minimum absolute atomic E-state index is 0.0428. The number of aliphatic hydroxyl groups is 3. The van der Waals surface area contributed by atoms with Crippen LogP contribution in [-0.4, -0.2) is 85.6 Å². The second-order valence-electron chi connectivity index (χ2n) is 6.48. The van der Waals surface area contributed by atoms with Gasteiger partial charge in [0.2, 0.25) is 5.66 Å². The van der Waals surface area contributed by atoms with Gasteiger partial charge in [-0.25, -0.2) is 14.4 Å². The molecule has 0 radical (unpaired) electrons. The molecule has 26 heavy (non-hydrogen) atoms. The Labute approximate surface area is 147 Å². The average Bonchev–Trinajstić information content (AvgIpc) is 3.27. The molecule has 3 aliphatic rings. The topological polar surface area (TPSA) is 194 Å². The first-order valence-corrected chi connectivity index (χ1v) is 7.99. The number of ether oxygens (including phenoxy) is 1. The summed E-state index contributed by atoms with van der Waals surface area (Å²) in [7, 11) is 0. The van der Waals surface area contributed by atoms with E-state index in [4.69, 9.17) is 16.2 Å². The molecule has 1 aromatic rings. The molecule has 4 atom stereocenters. The lowest BCUT2D eigenvalue weighted by atomic mass is 9.86. The molecule has 1 fully saturated rings. The largest absolute Gasteiger partial charge is 0.448 e. The molecule has 4 rings (SSSR count). The Morgan fingerprint density at radius 2 is 2.23 bits per heavy atom. The Bertz CT molecular complexity index is 805. The lowest BCUT2D eigenvalue weighted by Gasteiger charge is -2.42. The maximum Gasteiger partial charge on any atom is 0.355 e. The molecule has 3 aliphatic heterocycles. The number of aromatic amines is 1. The highest BCUT2D eigenvalue weighted by Gasteiger charge is 2.76. The van der Waals surface area contributed by atoms with E-state index >= 15 is 0 Å². The summed E-state index contributed by atoms with van der Waals surface area (Å²) in [6.07, 6.45) is 0.190. The zero-order valence-corrected chi connectivity index (χ0v) is 13.6. The fourth-order valence-electron chi connectivity index (χ4n) is 3.89. The van der Waals surface area contributed by atoms with E-state index in [1.165, 1.54) is 10.6 Å². The van der Waals surface area contributed by atoms with Crippen LogP contribution < -0.4 is 22.1 Å². The van der Waals surface area contributed by atoms with Gasteiger partial charge in [0.25, 0.3) is 5.79 Å². The van der Waals surface area contributed by atoms with Crippen molar-refractivity contribution in [2.75, 3.05) is 13.2 Å². The third kappa shape index (κ3) is 1.97. The lowest BCUT2D eigenvalue weighted by Crippen LogP contribution is -2.78. The van der Waals surface area contributed by atoms with Crippen molar-refractivity contribution in [2.24, 2.45) is 16.5 Å². The second-order valence-corrected chi connectivity index (χ2v) is 6.48. The molecule has 1 spiro atoms. The lowest BCUT2D eigenvalue weighted by molar-refractivity contribution is -0.623. The number of carbonyl (C=O) groups excluding carboxylic acids is 1. The number of hydrogen-bond donors (Lipinski definition) is 8. The Morgan fingerprint density at radius 1 is 1.46 bits per heavy atom. The van der Waals surface area contributed by atoms with Gasteiger partial charge < -0.3 is 36.1 Å². The van der Waals surface area contributed by atoms with E-state index in [0.717, 1.165) is 0 Å². The Hall–Kier alpha value is -2.83. The summed E-state index contributed by atoms with van der Waals surface area (Å²) in [5, 5.41) is 37.2. The molecule has 10 N–H and O–H groups in total. The first-order chi connectivity index (χ1) is 12.3. The molecule has 0 amide bonds. The van der Waals surface area contributed by atoms with Crippen LogP contribution in [0.4, 0.5) is 0 Å². The van der Waals surface area contributed by atoms with Gasteiger partial charge in [-0.15, -0.1) is 0 Å². The van der Waals surface area contributed by atoms with Crippen molar-refractivity contribution < 1.29 is 29.4 Å². The number of guanidine groups is 2. The zero-order valence-electron chi connectivity index (χ0n) is 13.6. The van der Waals surface area contributed by atoms with Crippen molar-refractivity contribution >= 4 is 17.9 Å². The second kappa shape index (κ2) is 5.33. The molecule has 12 nitrogen and oxygen atoms in total. The molecule has 1 aromatic heterocycles. The van der Waals surface area contributed by atoms with Gasteiger partial charge in [0.15, 0.2) is 18.1 Å². The standard InChI is InChI=1S/C14H19N7O5/c15-11-19-9-7(5-22)18-12(16)21-4-8(14(24,25)13(9,21)20-11)26-10(23)6-2-1-3-17-6/h1-3,7-9,22,24-25H,4-5H2,(H6,15,16,17,18,19,20,23)/p+1/t7-,8-,9-,13-/m0/s1. The Balaban J connectivity index is 1.73. The smallest absolute Gasteiger partial charge is 0.355 e. The van der Waals surface area contributed by atoms with Gasteiger partial charge in [-0.1, -0.05) is 0 Å². The van der Waals surface area contributed by atoms with Gasteiger partial charge in [0.05, 0.1) is 6.61 Å². The van der Waals surface area contributed by atoms with E-state index in [-0.39, 0.29) is 30.8 Å². The summed E-state index contributed by atoms with van der Waals surface area (Å²) in [5.41, 5.74) is 10.3. The number of esters is 1. The number of nitrogens with zero attached hydrogens (tertiary/aromatic N) is 2. The highest BCUT2D eigenvalue weighted by atomic mass is 16.6. The molecular weight excluding hydrogens is 346 g/mol. The molecule has 1 saturated heterocycles. The number of aliphatic hydroxyl groups excluding tert-OH is 1. The zero-order chi connectivity index (χ0) is 18.7. The number of aromatic nitrogens is 1. The first-order valence-electron chi connectivity index (χ1n) is 7.99. The third-order valence-corrected chi connectivity index (χ3v) is 5.08. The van der Waals surface area contributed by atoms with Crippen LogP contribution >= 0.6 is 0 Å². The van der Waals surface area contributed by atoms with Crippen LogP contribution in [0.5, 0.6) is 0 Å². The van der Waals surface area contributed by atoms with Crippen molar-refractivity contribution in [1.82, 2.24) is 15.6 Å². The van der Waals surface area contributed by atoms with E-state index in [1.807, 2.05) is 0 Å². The average molecular weight is 366 g/mol. The van der Waals surface area contributed by atoms with E-state index < -0.39 is 35.6 Å². The minimum Gasteiger partial charge on any atom is -0.448 e. The van der Waals surface area contributed by atoms with Gasteiger partial charge in [-0.2, -0.15) is 0 Å². The minimum atomic E-state index is -2.59. The fraction of sp³-hybridized carbons (Fsp3) is 0.500.